The van der Waals surface area contributed by atoms with E-state index in [-0.39, 0.29) is 25.7 Å². The Labute approximate surface area is 556 Å². The van der Waals surface area contributed by atoms with Crippen LogP contribution in [-0.2, 0) is 65.4 Å². The molecule has 2 unspecified atom stereocenters. The minimum Gasteiger partial charge on any atom is -0.462 e. The number of carbonyl (C=O) groups excluding carboxylic acids is 4. The lowest BCUT2D eigenvalue weighted by molar-refractivity contribution is -0.161. The van der Waals surface area contributed by atoms with Gasteiger partial charge in [0.25, 0.3) is 0 Å². The third kappa shape index (κ3) is 66.5. The summed E-state index contributed by atoms with van der Waals surface area (Å²) in [4.78, 5) is 72.6. The molecular formula is C72H140O17P2. The molecule has 0 radical (unpaired) electrons. The molecule has 17 nitrogen and oxygen atoms in total. The van der Waals surface area contributed by atoms with Gasteiger partial charge in [-0.1, -0.05) is 318 Å². The van der Waals surface area contributed by atoms with E-state index in [1.165, 1.54) is 186 Å². The molecule has 0 aromatic carbocycles. The van der Waals surface area contributed by atoms with Crippen LogP contribution in [0, 0.1) is 11.8 Å². The maximum Gasteiger partial charge on any atom is 0.472 e. The minimum absolute atomic E-state index is 0.105. The lowest BCUT2D eigenvalue weighted by atomic mass is 10.0. The molecule has 0 bridgehead atoms. The van der Waals surface area contributed by atoms with E-state index in [0.717, 1.165) is 102 Å². The number of hydrogen-bond acceptors (Lipinski definition) is 15. The first kappa shape index (κ1) is 89.1. The Morgan fingerprint density at radius 3 is 0.747 bits per heavy atom. The Morgan fingerprint density at radius 1 is 0.297 bits per heavy atom. The summed E-state index contributed by atoms with van der Waals surface area (Å²) in [7, 11) is -9.90. The van der Waals surface area contributed by atoms with E-state index in [1.807, 2.05) is 0 Å². The number of carbonyl (C=O) groups is 4. The highest BCUT2D eigenvalue weighted by atomic mass is 31.2. The molecule has 0 spiro atoms. The van der Waals surface area contributed by atoms with Gasteiger partial charge in [-0.3, -0.25) is 37.3 Å². The van der Waals surface area contributed by atoms with Gasteiger partial charge in [0, 0.05) is 25.7 Å². The lowest BCUT2D eigenvalue weighted by Gasteiger charge is -2.21. The van der Waals surface area contributed by atoms with Gasteiger partial charge >= 0.3 is 39.5 Å². The van der Waals surface area contributed by atoms with Crippen molar-refractivity contribution in [1.82, 2.24) is 0 Å². The molecule has 0 rings (SSSR count). The van der Waals surface area contributed by atoms with Gasteiger partial charge in [0.1, 0.15) is 19.3 Å². The smallest absolute Gasteiger partial charge is 0.462 e. The number of ether oxygens (including phenoxy) is 4. The molecular weight excluding hydrogens is 1200 g/mol. The third-order valence-corrected chi connectivity index (χ3v) is 18.6. The van der Waals surface area contributed by atoms with E-state index in [4.69, 9.17) is 37.0 Å². The number of phosphoric acid groups is 2. The SMILES string of the molecule is CCCCCCCCCCCCCCCCC(=O)OC[C@H](COP(=O)(O)OC[C@@H](O)COP(=O)(O)OC[C@@H](COC(=O)CCCCCCCCCCC(C)C)OC(=O)CCCCCCCCCCCC(C)C)OC(=O)CCCCCCCCCCCCCCCC. The fourth-order valence-corrected chi connectivity index (χ4v) is 12.5. The first-order chi connectivity index (χ1) is 43.9. The fourth-order valence-electron chi connectivity index (χ4n) is 10.9. The average molecular weight is 1340 g/mol. The van der Waals surface area contributed by atoms with Gasteiger partial charge in [0.2, 0.25) is 0 Å². The van der Waals surface area contributed by atoms with Crippen molar-refractivity contribution >= 4 is 39.5 Å². The highest BCUT2D eigenvalue weighted by Gasteiger charge is 2.30. The zero-order chi connectivity index (χ0) is 67.2. The van der Waals surface area contributed by atoms with Crippen LogP contribution in [0.1, 0.15) is 369 Å². The molecule has 91 heavy (non-hydrogen) atoms. The second-order valence-electron chi connectivity index (χ2n) is 26.9. The van der Waals surface area contributed by atoms with Gasteiger partial charge in [0.15, 0.2) is 12.2 Å². The Morgan fingerprint density at radius 2 is 0.505 bits per heavy atom. The van der Waals surface area contributed by atoms with Crippen molar-refractivity contribution in [3.8, 4) is 0 Å². The first-order valence-electron chi connectivity index (χ1n) is 37.5. The van der Waals surface area contributed by atoms with Gasteiger partial charge in [0.05, 0.1) is 26.4 Å². The Hall–Kier alpha value is -1.94. The zero-order valence-electron chi connectivity index (χ0n) is 59.1. The largest absolute Gasteiger partial charge is 0.472 e. The van der Waals surface area contributed by atoms with E-state index in [2.05, 4.69) is 41.5 Å². The highest BCUT2D eigenvalue weighted by Crippen LogP contribution is 2.45. The van der Waals surface area contributed by atoms with Gasteiger partial charge in [-0.05, 0) is 37.5 Å². The number of aliphatic hydroxyl groups excluding tert-OH is 1. The van der Waals surface area contributed by atoms with E-state index >= 15 is 0 Å². The molecule has 3 N–H and O–H groups in total. The normalized spacial score (nSPS) is 14.1. The summed E-state index contributed by atoms with van der Waals surface area (Å²) in [5.41, 5.74) is 0. The van der Waals surface area contributed by atoms with Crippen LogP contribution >= 0.6 is 15.6 Å². The van der Waals surface area contributed by atoms with Crippen molar-refractivity contribution in [3.05, 3.63) is 0 Å². The van der Waals surface area contributed by atoms with Gasteiger partial charge < -0.3 is 33.8 Å². The predicted molar refractivity (Wildman–Crippen MR) is 368 cm³/mol. The molecule has 0 aromatic heterocycles. The summed E-state index contributed by atoms with van der Waals surface area (Å²) >= 11 is 0. The molecule has 19 heteroatoms. The molecule has 0 saturated carbocycles. The molecule has 540 valence electrons. The Kier molecular flexibility index (Phi) is 62.7. The predicted octanol–water partition coefficient (Wildman–Crippen LogP) is 20.8. The Balaban J connectivity index is 5.26. The molecule has 0 saturated heterocycles. The number of hydrogen-bond donors (Lipinski definition) is 3. The van der Waals surface area contributed by atoms with Crippen molar-refractivity contribution in [1.29, 1.82) is 0 Å². The Bertz CT molecular complexity index is 1770. The van der Waals surface area contributed by atoms with Crippen molar-refractivity contribution < 1.29 is 80.2 Å². The molecule has 0 aliphatic rings. The van der Waals surface area contributed by atoms with Crippen LogP contribution in [0.25, 0.3) is 0 Å². The van der Waals surface area contributed by atoms with Crippen LogP contribution in [0.2, 0.25) is 0 Å². The van der Waals surface area contributed by atoms with E-state index < -0.39 is 97.5 Å². The monoisotopic (exact) mass is 1340 g/mol. The molecule has 0 amide bonds. The summed E-state index contributed by atoms with van der Waals surface area (Å²) in [6.07, 6.45) is 49.9. The van der Waals surface area contributed by atoms with Gasteiger partial charge in [-0.25, -0.2) is 9.13 Å². The lowest BCUT2D eigenvalue weighted by Crippen LogP contribution is -2.30. The van der Waals surface area contributed by atoms with Crippen LogP contribution in [0.3, 0.4) is 0 Å². The number of unbranched alkanes of at least 4 members (excludes halogenated alkanes) is 41. The summed E-state index contributed by atoms with van der Waals surface area (Å²) in [5.74, 6) is -0.657. The second kappa shape index (κ2) is 64.1. The van der Waals surface area contributed by atoms with Crippen molar-refractivity contribution in [3.63, 3.8) is 0 Å². The molecule has 0 aliphatic carbocycles. The number of esters is 4. The average Bonchev–Trinajstić information content (AvgIpc) is 3.67. The van der Waals surface area contributed by atoms with Crippen LogP contribution in [0.4, 0.5) is 0 Å². The van der Waals surface area contributed by atoms with Crippen molar-refractivity contribution in [2.24, 2.45) is 11.8 Å². The first-order valence-corrected chi connectivity index (χ1v) is 40.5. The van der Waals surface area contributed by atoms with Crippen molar-refractivity contribution in [2.75, 3.05) is 39.6 Å². The van der Waals surface area contributed by atoms with E-state index in [9.17, 15) is 43.2 Å². The van der Waals surface area contributed by atoms with Crippen molar-refractivity contribution in [2.45, 2.75) is 387 Å². The molecule has 0 aliphatic heterocycles. The van der Waals surface area contributed by atoms with Gasteiger partial charge in [-0.15, -0.1) is 0 Å². The molecule has 5 atom stereocenters. The maximum absolute atomic E-state index is 13.0. The number of phosphoric ester groups is 2. The zero-order valence-corrected chi connectivity index (χ0v) is 60.9. The standard InChI is InChI=1S/C72H140O17P2/c1-7-9-11-13-15-17-19-21-23-25-29-36-42-48-54-69(74)82-60-67(88-71(76)56-50-44-38-30-26-24-22-20-18-16-14-12-10-8-2)62-86-90(78,79)84-58-66(73)59-85-91(80,81)87-63-68(61-83-70(75)55-49-43-37-33-32-35-41-47-53-65(5)6)89-72(77)57-51-45-39-31-27-28-34-40-46-52-64(3)4/h64-68,73H,7-63H2,1-6H3,(H,78,79)(H,80,81)/t66-,67-,68-/m1/s1. The molecule has 0 fully saturated rings. The van der Waals surface area contributed by atoms with E-state index in [0.29, 0.717) is 25.7 Å². The quantitative estimate of drug-likeness (QED) is 0.0222. The van der Waals surface area contributed by atoms with E-state index in [1.54, 1.807) is 0 Å². The summed E-state index contributed by atoms with van der Waals surface area (Å²) in [6.45, 7) is 9.51. The minimum atomic E-state index is -4.95. The topological polar surface area (TPSA) is 237 Å². The second-order valence-corrected chi connectivity index (χ2v) is 29.8. The molecule has 0 heterocycles. The summed E-state index contributed by atoms with van der Waals surface area (Å²) < 4.78 is 68.4. The highest BCUT2D eigenvalue weighted by molar-refractivity contribution is 7.47. The van der Waals surface area contributed by atoms with Crippen LogP contribution in [0.15, 0.2) is 0 Å². The number of rotatable bonds is 71. The third-order valence-electron chi connectivity index (χ3n) is 16.7. The van der Waals surface area contributed by atoms with Crippen LogP contribution in [0.5, 0.6) is 0 Å². The summed E-state index contributed by atoms with van der Waals surface area (Å²) in [6, 6.07) is 0. The number of aliphatic hydroxyl groups is 1. The fraction of sp³-hybridized carbons (Fsp3) is 0.944. The molecule has 0 aromatic rings. The van der Waals surface area contributed by atoms with Crippen LogP contribution in [-0.4, -0.2) is 96.7 Å². The maximum atomic E-state index is 13.0. The summed E-state index contributed by atoms with van der Waals surface area (Å²) in [5, 5.41) is 10.6. The van der Waals surface area contributed by atoms with Gasteiger partial charge in [-0.2, -0.15) is 0 Å². The van der Waals surface area contributed by atoms with Crippen LogP contribution < -0.4 is 0 Å².